The van der Waals surface area contributed by atoms with Crippen LogP contribution in [0, 0.1) is 0 Å². The van der Waals surface area contributed by atoms with Crippen molar-refractivity contribution in [2.24, 2.45) is 0 Å². The van der Waals surface area contributed by atoms with Crippen LogP contribution in [0.2, 0.25) is 0 Å². The monoisotopic (exact) mass is 691 g/mol. The number of nitrogens with zero attached hydrogens (tertiary/aromatic N) is 5. The third kappa shape index (κ3) is 7.20. The molecule has 2 aliphatic heterocycles. The van der Waals surface area contributed by atoms with Gasteiger partial charge in [-0.25, -0.2) is 24.4 Å². The first kappa shape index (κ1) is 35.0. The Balaban J connectivity index is 1.28. The first-order valence-corrected chi connectivity index (χ1v) is 16.1. The first-order valence-electron chi connectivity index (χ1n) is 16.1. The van der Waals surface area contributed by atoms with E-state index < -0.39 is 59.7 Å². The fourth-order valence-electron chi connectivity index (χ4n) is 5.82. The maximum absolute atomic E-state index is 13.4. The summed E-state index contributed by atoms with van der Waals surface area (Å²) in [4.78, 5) is 52.7. The number of benzene rings is 1. The highest BCUT2D eigenvalue weighted by Gasteiger charge is 2.56. The van der Waals surface area contributed by atoms with Gasteiger partial charge >= 0.3 is 18.2 Å². The van der Waals surface area contributed by atoms with Gasteiger partial charge in [-0.15, -0.1) is 0 Å². The molecule has 50 heavy (non-hydrogen) atoms. The topological polar surface area (TPSA) is 163 Å². The third-order valence-corrected chi connectivity index (χ3v) is 7.74. The van der Waals surface area contributed by atoms with Crippen molar-refractivity contribution in [2.75, 3.05) is 18.6 Å². The van der Waals surface area contributed by atoms with Crippen LogP contribution in [0.25, 0.3) is 21.9 Å². The van der Waals surface area contributed by atoms with E-state index >= 15 is 0 Å². The summed E-state index contributed by atoms with van der Waals surface area (Å²) in [7, 11) is 1.32. The van der Waals surface area contributed by atoms with Gasteiger partial charge in [0.1, 0.15) is 53.8 Å². The number of pyridine rings is 1. The number of carbonyl (C=O) groups is 3. The smallest absolute Gasteiger partial charge is 0.425 e. The average molecular weight is 692 g/mol. The third-order valence-electron chi connectivity index (χ3n) is 7.74. The largest absolute Gasteiger partial charge is 0.491 e. The molecule has 4 atom stereocenters. The van der Waals surface area contributed by atoms with E-state index in [9.17, 15) is 14.4 Å². The van der Waals surface area contributed by atoms with Crippen molar-refractivity contribution < 1.29 is 47.5 Å². The Morgan fingerprint density at radius 3 is 2.26 bits per heavy atom. The van der Waals surface area contributed by atoms with Gasteiger partial charge in [-0.05, 0) is 79.7 Å². The second kappa shape index (κ2) is 12.8. The number of hydrogen-bond donors (Lipinski definition) is 0. The van der Waals surface area contributed by atoms with E-state index in [0.717, 1.165) is 10.3 Å². The summed E-state index contributed by atoms with van der Waals surface area (Å²) in [5.74, 6) is -0.844. The summed E-state index contributed by atoms with van der Waals surface area (Å²) in [5, 5.41) is 1.13. The van der Waals surface area contributed by atoms with Crippen molar-refractivity contribution in [3.05, 3.63) is 54.6 Å². The maximum atomic E-state index is 13.4. The molecule has 15 nitrogen and oxygen atoms in total. The lowest BCUT2D eigenvalue weighted by atomic mass is 10.1. The standard InChI is InChI=1S/C35H41N5O10/c1-33(2,3)49-31(42)40(32(43)50-34(4,5)6)28-22-12-13-39(27(22)37-18-38-28)29-26-25(47-35(7,8)48-26)24(46-29)17-45-21-11-10-19-14-20(30(41)44-9)16-36-23(19)15-21/h10-16,18,24-26,29H,17H2,1-9H3/t24-,25-,26-,29-/m1/s1. The van der Waals surface area contributed by atoms with E-state index in [1.54, 1.807) is 76.6 Å². The van der Waals surface area contributed by atoms with E-state index in [1.807, 2.05) is 19.9 Å². The van der Waals surface area contributed by atoms with Crippen molar-refractivity contribution in [3.63, 3.8) is 0 Å². The summed E-state index contributed by atoms with van der Waals surface area (Å²) >= 11 is 0. The van der Waals surface area contributed by atoms with E-state index in [2.05, 4.69) is 15.0 Å². The minimum atomic E-state index is -0.948. The predicted octanol–water partition coefficient (Wildman–Crippen LogP) is 5.94. The lowest BCUT2D eigenvalue weighted by Crippen LogP contribution is -2.44. The Morgan fingerprint density at radius 1 is 0.920 bits per heavy atom. The van der Waals surface area contributed by atoms with Crippen LogP contribution in [0.5, 0.6) is 5.75 Å². The predicted molar refractivity (Wildman–Crippen MR) is 179 cm³/mol. The number of methoxy groups -OCH3 is 1. The molecule has 0 spiro atoms. The summed E-state index contributed by atoms with van der Waals surface area (Å²) in [5.41, 5.74) is -0.436. The Morgan fingerprint density at radius 2 is 1.60 bits per heavy atom. The Kier molecular flexibility index (Phi) is 8.95. The Bertz CT molecular complexity index is 1920. The van der Waals surface area contributed by atoms with Crippen molar-refractivity contribution in [2.45, 2.75) is 96.9 Å². The maximum Gasteiger partial charge on any atom is 0.425 e. The number of aromatic nitrogens is 4. The number of carbonyl (C=O) groups excluding carboxylic acids is 3. The average Bonchev–Trinajstić information content (AvgIpc) is 3.68. The SMILES string of the molecule is COC(=O)c1cnc2cc(OC[C@H]3O[C@@H](n4ccc5c(N(C(=O)OC(C)(C)C)C(=O)OC(C)(C)C)ncnc54)[C@@H]4OC(C)(C)O[C@@H]43)ccc2c1. The van der Waals surface area contributed by atoms with E-state index in [4.69, 9.17) is 33.2 Å². The van der Waals surface area contributed by atoms with Crippen LogP contribution in [0.15, 0.2) is 49.1 Å². The second-order valence-corrected chi connectivity index (χ2v) is 14.5. The minimum absolute atomic E-state index is 0.0146. The molecule has 0 saturated carbocycles. The number of hydrogen-bond acceptors (Lipinski definition) is 13. The van der Waals surface area contributed by atoms with Gasteiger partial charge in [0, 0.05) is 23.8 Å². The zero-order chi connectivity index (χ0) is 36.2. The molecule has 2 amide bonds. The van der Waals surface area contributed by atoms with Crippen molar-refractivity contribution >= 4 is 45.9 Å². The van der Waals surface area contributed by atoms with Crippen LogP contribution in [-0.4, -0.2) is 86.7 Å². The molecule has 0 aliphatic carbocycles. The fourth-order valence-corrected chi connectivity index (χ4v) is 5.82. The normalized spacial score (nSPS) is 21.5. The summed E-state index contributed by atoms with van der Waals surface area (Å²) < 4.78 is 43.0. The molecule has 4 aromatic rings. The van der Waals surface area contributed by atoms with E-state index in [0.29, 0.717) is 27.9 Å². The van der Waals surface area contributed by atoms with E-state index in [-0.39, 0.29) is 12.4 Å². The van der Waals surface area contributed by atoms with Gasteiger partial charge in [0.2, 0.25) is 0 Å². The Labute approximate surface area is 288 Å². The number of ether oxygens (including phenoxy) is 7. The molecule has 2 saturated heterocycles. The zero-order valence-electron chi connectivity index (χ0n) is 29.5. The van der Waals surface area contributed by atoms with Gasteiger partial charge in [-0.1, -0.05) is 0 Å². The molecule has 2 fully saturated rings. The molecule has 3 aromatic heterocycles. The van der Waals surface area contributed by atoms with Gasteiger partial charge < -0.3 is 37.7 Å². The van der Waals surface area contributed by atoms with Crippen LogP contribution in [0.3, 0.4) is 0 Å². The lowest BCUT2D eigenvalue weighted by molar-refractivity contribution is -0.198. The zero-order valence-corrected chi connectivity index (χ0v) is 29.5. The van der Waals surface area contributed by atoms with Crippen LogP contribution in [0.1, 0.15) is 72.0 Å². The summed E-state index contributed by atoms with van der Waals surface area (Å²) in [6.45, 7) is 13.9. The van der Waals surface area contributed by atoms with Crippen molar-refractivity contribution in [1.29, 1.82) is 0 Å². The molecular weight excluding hydrogens is 650 g/mol. The van der Waals surface area contributed by atoms with E-state index in [1.165, 1.54) is 19.6 Å². The first-order chi connectivity index (χ1) is 23.4. The fraction of sp³-hybridized carbons (Fsp3) is 0.486. The quantitative estimate of drug-likeness (QED) is 0.173. The van der Waals surface area contributed by atoms with Crippen molar-refractivity contribution in [3.8, 4) is 5.75 Å². The number of fused-ring (bicyclic) bond motifs is 3. The molecular formula is C35H41N5O10. The lowest BCUT2D eigenvalue weighted by Gasteiger charge is -2.28. The highest BCUT2D eigenvalue weighted by molar-refractivity contribution is 6.13. The van der Waals surface area contributed by atoms with Crippen LogP contribution in [-0.2, 0) is 28.4 Å². The van der Waals surface area contributed by atoms with Gasteiger partial charge in [0.15, 0.2) is 17.8 Å². The number of rotatable bonds is 6. The number of imide groups is 1. The molecule has 0 bridgehead atoms. The molecule has 1 aromatic carbocycles. The second-order valence-electron chi connectivity index (χ2n) is 14.5. The molecule has 6 rings (SSSR count). The van der Waals surface area contributed by atoms with Crippen LogP contribution in [0.4, 0.5) is 15.4 Å². The summed E-state index contributed by atoms with van der Waals surface area (Å²) in [6, 6.07) is 8.75. The highest BCUT2D eigenvalue weighted by atomic mass is 16.8. The molecule has 0 radical (unpaired) electrons. The van der Waals surface area contributed by atoms with Crippen LogP contribution >= 0.6 is 0 Å². The van der Waals surface area contributed by atoms with Gasteiger partial charge in [-0.2, -0.15) is 4.90 Å². The van der Waals surface area contributed by atoms with Crippen molar-refractivity contribution in [1.82, 2.24) is 19.5 Å². The van der Waals surface area contributed by atoms with Gasteiger partial charge in [0.05, 0.1) is 23.6 Å². The summed E-state index contributed by atoms with van der Waals surface area (Å²) in [6.07, 6.45) is 0.189. The molecule has 0 unspecified atom stereocenters. The number of esters is 1. The molecule has 2 aliphatic rings. The molecule has 266 valence electrons. The molecule has 5 heterocycles. The highest BCUT2D eigenvalue weighted by Crippen LogP contribution is 2.44. The van der Waals surface area contributed by atoms with Crippen LogP contribution < -0.4 is 9.64 Å². The number of anilines is 1. The Hall–Kier alpha value is -4.86. The minimum Gasteiger partial charge on any atom is -0.491 e. The number of amides is 2. The molecule has 15 heteroatoms. The van der Waals surface area contributed by atoms with Gasteiger partial charge in [0.25, 0.3) is 0 Å². The van der Waals surface area contributed by atoms with Gasteiger partial charge in [-0.3, -0.25) is 4.98 Å². The molecule has 0 N–H and O–H groups in total.